The van der Waals surface area contributed by atoms with E-state index in [4.69, 9.17) is 4.74 Å². The monoisotopic (exact) mass is 248 g/mol. The Morgan fingerprint density at radius 2 is 2.22 bits per heavy atom. The van der Waals surface area contributed by atoms with Crippen LogP contribution in [0.5, 0.6) is 0 Å². The number of ether oxygens (including phenoxy) is 1. The molecular formula is C14H20N2O2. The van der Waals surface area contributed by atoms with Gasteiger partial charge in [0.1, 0.15) is 11.6 Å². The Hall–Kier alpha value is -1.42. The van der Waals surface area contributed by atoms with E-state index in [0.29, 0.717) is 0 Å². The number of nitrogens with one attached hydrogen (secondary N) is 1. The lowest BCUT2D eigenvalue weighted by molar-refractivity contribution is -0.157. The number of carbonyl (C=O) groups excluding carboxylic acids is 1. The van der Waals surface area contributed by atoms with Crippen molar-refractivity contribution in [1.29, 1.82) is 0 Å². The molecule has 4 heteroatoms. The van der Waals surface area contributed by atoms with Crippen LogP contribution in [0.2, 0.25) is 0 Å². The number of rotatable bonds is 2. The van der Waals surface area contributed by atoms with Crippen LogP contribution in [0.1, 0.15) is 45.2 Å². The summed E-state index contributed by atoms with van der Waals surface area (Å²) in [4.78, 5) is 16.0. The Kier molecular flexibility index (Phi) is 3.66. The third-order valence-corrected chi connectivity index (χ3v) is 2.92. The van der Waals surface area contributed by atoms with Crippen molar-refractivity contribution in [3.8, 4) is 0 Å². The topological polar surface area (TPSA) is 51.2 Å². The molecule has 4 nitrogen and oxygen atoms in total. The van der Waals surface area contributed by atoms with E-state index in [-0.39, 0.29) is 18.1 Å². The van der Waals surface area contributed by atoms with Crippen molar-refractivity contribution in [2.45, 2.75) is 51.3 Å². The second-order valence-corrected chi connectivity index (χ2v) is 5.67. The molecule has 98 valence electrons. The summed E-state index contributed by atoms with van der Waals surface area (Å²) >= 11 is 0. The fourth-order valence-corrected chi connectivity index (χ4v) is 2.15. The largest absolute Gasteiger partial charge is 0.459 e. The van der Waals surface area contributed by atoms with E-state index < -0.39 is 5.60 Å². The Labute approximate surface area is 108 Å². The number of esters is 1. The number of aromatic nitrogens is 1. The number of hydrogen-bond donors (Lipinski definition) is 1. The zero-order valence-electron chi connectivity index (χ0n) is 11.1. The lowest BCUT2D eigenvalue weighted by Crippen LogP contribution is -2.38. The Balaban J connectivity index is 1.95. The maximum absolute atomic E-state index is 11.9. The van der Waals surface area contributed by atoms with Gasteiger partial charge in [0.25, 0.3) is 0 Å². The normalized spacial score (nSPS) is 23.9. The van der Waals surface area contributed by atoms with Crippen molar-refractivity contribution in [3.05, 3.63) is 30.1 Å². The van der Waals surface area contributed by atoms with Gasteiger partial charge in [-0.05, 0) is 45.2 Å². The molecule has 2 atom stereocenters. The quantitative estimate of drug-likeness (QED) is 0.815. The molecule has 0 bridgehead atoms. The van der Waals surface area contributed by atoms with Crippen molar-refractivity contribution in [2.24, 2.45) is 0 Å². The fourth-order valence-electron chi connectivity index (χ4n) is 2.15. The van der Waals surface area contributed by atoms with Crippen LogP contribution in [0.4, 0.5) is 0 Å². The predicted molar refractivity (Wildman–Crippen MR) is 69.0 cm³/mol. The minimum absolute atomic E-state index is 0.158. The van der Waals surface area contributed by atoms with E-state index in [0.717, 1.165) is 18.4 Å². The predicted octanol–water partition coefficient (Wildman–Crippen LogP) is 2.22. The molecule has 0 radical (unpaired) electrons. The summed E-state index contributed by atoms with van der Waals surface area (Å²) in [7, 11) is 0. The van der Waals surface area contributed by atoms with E-state index in [2.05, 4.69) is 10.3 Å². The molecule has 0 unspecified atom stereocenters. The first-order valence-corrected chi connectivity index (χ1v) is 6.34. The molecule has 0 amide bonds. The van der Waals surface area contributed by atoms with Crippen molar-refractivity contribution in [2.75, 3.05) is 0 Å². The van der Waals surface area contributed by atoms with Gasteiger partial charge in [-0.1, -0.05) is 6.07 Å². The maximum atomic E-state index is 11.9. The van der Waals surface area contributed by atoms with E-state index in [1.165, 1.54) is 0 Å². The van der Waals surface area contributed by atoms with Gasteiger partial charge in [0.2, 0.25) is 0 Å². The van der Waals surface area contributed by atoms with Gasteiger partial charge in [0, 0.05) is 18.4 Å². The summed E-state index contributed by atoms with van der Waals surface area (Å²) in [6.45, 7) is 5.66. The van der Waals surface area contributed by atoms with Gasteiger partial charge in [0.05, 0.1) is 0 Å². The van der Waals surface area contributed by atoms with Crippen LogP contribution in [0.15, 0.2) is 24.5 Å². The van der Waals surface area contributed by atoms with Crippen molar-refractivity contribution >= 4 is 5.97 Å². The van der Waals surface area contributed by atoms with Crippen LogP contribution in [0, 0.1) is 0 Å². The van der Waals surface area contributed by atoms with Crippen LogP contribution in [0.3, 0.4) is 0 Å². The van der Waals surface area contributed by atoms with E-state index in [1.54, 1.807) is 6.20 Å². The molecule has 18 heavy (non-hydrogen) atoms. The third kappa shape index (κ3) is 3.29. The van der Waals surface area contributed by atoms with Crippen LogP contribution >= 0.6 is 0 Å². The zero-order valence-corrected chi connectivity index (χ0v) is 11.1. The molecule has 0 aromatic carbocycles. The van der Waals surface area contributed by atoms with Gasteiger partial charge in [-0.3, -0.25) is 15.1 Å². The average molecular weight is 248 g/mol. The van der Waals surface area contributed by atoms with Crippen LogP contribution < -0.4 is 5.32 Å². The van der Waals surface area contributed by atoms with Crippen LogP contribution in [-0.4, -0.2) is 22.6 Å². The standard InChI is InChI=1S/C14H20N2O2/c1-14(2,3)18-13(17)12-7-6-11(16-12)10-5-4-8-15-9-10/h4-5,8-9,11-12,16H,6-7H2,1-3H3/t11-,12+/m1/s1. The third-order valence-electron chi connectivity index (χ3n) is 2.92. The molecule has 0 spiro atoms. The number of pyridine rings is 1. The lowest BCUT2D eigenvalue weighted by Gasteiger charge is -2.22. The molecule has 1 aliphatic rings. The SMILES string of the molecule is CC(C)(C)OC(=O)[C@@H]1CC[C@H](c2cccnc2)N1. The smallest absolute Gasteiger partial charge is 0.323 e. The minimum atomic E-state index is -0.425. The lowest BCUT2D eigenvalue weighted by atomic mass is 10.1. The molecule has 1 aromatic heterocycles. The first kappa shape index (κ1) is 13.0. The summed E-state index contributed by atoms with van der Waals surface area (Å²) in [6, 6.07) is 3.95. The highest BCUT2D eigenvalue weighted by atomic mass is 16.6. The molecule has 1 aliphatic heterocycles. The molecular weight excluding hydrogens is 228 g/mol. The van der Waals surface area contributed by atoms with Gasteiger partial charge in [0.15, 0.2) is 0 Å². The van der Waals surface area contributed by atoms with Crippen molar-refractivity contribution in [3.63, 3.8) is 0 Å². The van der Waals surface area contributed by atoms with Crippen molar-refractivity contribution in [1.82, 2.24) is 10.3 Å². The van der Waals surface area contributed by atoms with Crippen molar-refractivity contribution < 1.29 is 9.53 Å². The van der Waals surface area contributed by atoms with Gasteiger partial charge in [-0.2, -0.15) is 0 Å². The first-order chi connectivity index (χ1) is 8.46. The summed E-state index contributed by atoms with van der Waals surface area (Å²) in [5.74, 6) is -0.158. The highest BCUT2D eigenvalue weighted by Crippen LogP contribution is 2.27. The maximum Gasteiger partial charge on any atom is 0.323 e. The van der Waals surface area contributed by atoms with Gasteiger partial charge in [-0.25, -0.2) is 0 Å². The second-order valence-electron chi connectivity index (χ2n) is 5.67. The minimum Gasteiger partial charge on any atom is -0.459 e. The number of hydrogen-bond acceptors (Lipinski definition) is 4. The highest BCUT2D eigenvalue weighted by molar-refractivity contribution is 5.76. The second kappa shape index (κ2) is 5.06. The van der Waals surface area contributed by atoms with Gasteiger partial charge in [-0.15, -0.1) is 0 Å². The molecule has 2 rings (SSSR count). The molecule has 0 aliphatic carbocycles. The molecule has 0 saturated carbocycles. The molecule has 2 heterocycles. The van der Waals surface area contributed by atoms with Crippen LogP contribution in [0.25, 0.3) is 0 Å². The summed E-state index contributed by atoms with van der Waals surface area (Å²) in [5.41, 5.74) is 0.703. The van der Waals surface area contributed by atoms with E-state index in [1.807, 2.05) is 39.1 Å². The van der Waals surface area contributed by atoms with E-state index in [9.17, 15) is 4.79 Å². The Bertz CT molecular complexity index is 412. The molecule has 1 aromatic rings. The Morgan fingerprint density at radius 1 is 1.44 bits per heavy atom. The number of nitrogens with zero attached hydrogens (tertiary/aromatic N) is 1. The number of carbonyl (C=O) groups is 1. The first-order valence-electron chi connectivity index (χ1n) is 6.34. The highest BCUT2D eigenvalue weighted by Gasteiger charge is 2.32. The summed E-state index contributed by atoms with van der Waals surface area (Å²) in [5, 5.41) is 3.32. The molecule has 1 N–H and O–H groups in total. The summed E-state index contributed by atoms with van der Waals surface area (Å²) in [6.07, 6.45) is 5.35. The zero-order chi connectivity index (χ0) is 13.2. The Morgan fingerprint density at radius 3 is 2.83 bits per heavy atom. The molecule has 1 fully saturated rings. The summed E-state index contributed by atoms with van der Waals surface area (Å²) < 4.78 is 5.39. The van der Waals surface area contributed by atoms with Gasteiger partial charge < -0.3 is 4.74 Å². The van der Waals surface area contributed by atoms with Crippen LogP contribution in [-0.2, 0) is 9.53 Å². The average Bonchev–Trinajstić information content (AvgIpc) is 2.77. The fraction of sp³-hybridized carbons (Fsp3) is 0.571. The van der Waals surface area contributed by atoms with E-state index >= 15 is 0 Å². The molecule has 1 saturated heterocycles. The van der Waals surface area contributed by atoms with Gasteiger partial charge >= 0.3 is 5.97 Å².